The summed E-state index contributed by atoms with van der Waals surface area (Å²) in [6, 6.07) is 10.5. The summed E-state index contributed by atoms with van der Waals surface area (Å²) >= 11 is 0. The fourth-order valence-electron chi connectivity index (χ4n) is 5.66. The molecule has 2 nitrogen and oxygen atoms in total. The van der Waals surface area contributed by atoms with Crippen molar-refractivity contribution in [3.05, 3.63) is 58.5 Å². The zero-order chi connectivity index (χ0) is 20.5. The molecule has 2 aromatic rings. The van der Waals surface area contributed by atoms with Gasteiger partial charge in [0.1, 0.15) is 0 Å². The molecule has 3 fully saturated rings. The molecule has 29 heavy (non-hydrogen) atoms. The third kappa shape index (κ3) is 3.74. The molecule has 0 aliphatic heterocycles. The fourth-order valence-corrected chi connectivity index (χ4v) is 5.66. The Kier molecular flexibility index (Phi) is 5.54. The van der Waals surface area contributed by atoms with Gasteiger partial charge in [0.05, 0.1) is 0 Å². The minimum atomic E-state index is -0.920. The first-order valence-corrected chi connectivity index (χ1v) is 10.9. The van der Waals surface area contributed by atoms with Crippen LogP contribution in [0.25, 0.3) is 11.1 Å². The number of nitrogens with zero attached hydrogens (tertiary/aromatic N) is 1. The van der Waals surface area contributed by atoms with Crippen molar-refractivity contribution < 1.29 is 8.78 Å². The van der Waals surface area contributed by atoms with Gasteiger partial charge in [-0.05, 0) is 89.8 Å². The Balaban J connectivity index is 1.50. The van der Waals surface area contributed by atoms with Crippen LogP contribution in [0.15, 0.2) is 41.6 Å². The second-order valence-electron chi connectivity index (χ2n) is 9.19. The van der Waals surface area contributed by atoms with Gasteiger partial charge in [0.25, 0.3) is 0 Å². The number of fused-ring (bicyclic) bond motifs is 3. The largest absolute Gasteiger partial charge is 0.204 e. The smallest absolute Gasteiger partial charge is 0.179 e. The Hall–Kier alpha value is -2.10. The minimum absolute atomic E-state index is 0.271. The summed E-state index contributed by atoms with van der Waals surface area (Å²) in [4.78, 5) is 10.6. The maximum Gasteiger partial charge on any atom is 0.179 e. The van der Waals surface area contributed by atoms with Crippen LogP contribution in [0, 0.1) is 22.0 Å². The maximum atomic E-state index is 13.9. The Morgan fingerprint density at radius 2 is 1.45 bits per heavy atom. The van der Waals surface area contributed by atoms with E-state index in [4.69, 9.17) is 0 Å². The average Bonchev–Trinajstić information content (AvgIpc) is 2.75. The van der Waals surface area contributed by atoms with Gasteiger partial charge in [-0.3, -0.25) is 0 Å². The van der Waals surface area contributed by atoms with E-state index in [-0.39, 0.29) is 5.41 Å². The van der Waals surface area contributed by atoms with Crippen molar-refractivity contribution in [2.45, 2.75) is 76.5 Å². The molecular weight excluding hydrogens is 368 g/mol. The van der Waals surface area contributed by atoms with E-state index >= 15 is 0 Å². The van der Waals surface area contributed by atoms with E-state index < -0.39 is 17.3 Å². The molecule has 5 rings (SSSR count). The molecule has 0 spiro atoms. The lowest BCUT2D eigenvalue weighted by Gasteiger charge is -2.54. The van der Waals surface area contributed by atoms with Crippen LogP contribution in [-0.2, 0) is 5.41 Å². The summed E-state index contributed by atoms with van der Waals surface area (Å²) in [6.07, 6.45) is 13.1. The highest BCUT2D eigenvalue weighted by molar-refractivity contribution is 5.66. The standard InChI is InChI=1S/C25H29F2NO/c1-2-3-4-9-24-10-13-25(14-11-24,15-12-24)20-7-5-18(6-8-20)19-16-21(26)23(28-29)22(27)17-19/h5-8,16-17H,2-4,9-15H2,1H3. The van der Waals surface area contributed by atoms with E-state index in [0.29, 0.717) is 11.0 Å². The lowest BCUT2D eigenvalue weighted by molar-refractivity contribution is 0.0305. The van der Waals surface area contributed by atoms with Crippen LogP contribution in [0.2, 0.25) is 0 Å². The maximum absolute atomic E-state index is 13.9. The van der Waals surface area contributed by atoms with Crippen molar-refractivity contribution in [3.8, 4) is 11.1 Å². The highest BCUT2D eigenvalue weighted by Crippen LogP contribution is 2.59. The van der Waals surface area contributed by atoms with Gasteiger partial charge in [-0.2, -0.15) is 0 Å². The molecule has 0 aromatic heterocycles. The molecule has 0 saturated heterocycles. The van der Waals surface area contributed by atoms with Crippen molar-refractivity contribution in [2.24, 2.45) is 10.6 Å². The van der Waals surface area contributed by atoms with Crippen LogP contribution >= 0.6 is 0 Å². The van der Waals surface area contributed by atoms with Crippen LogP contribution < -0.4 is 0 Å². The second kappa shape index (κ2) is 7.97. The van der Waals surface area contributed by atoms with Gasteiger partial charge in [-0.1, -0.05) is 50.5 Å². The zero-order valence-corrected chi connectivity index (χ0v) is 17.1. The number of benzene rings is 2. The van der Waals surface area contributed by atoms with Gasteiger partial charge in [-0.15, -0.1) is 4.91 Å². The highest BCUT2D eigenvalue weighted by atomic mass is 19.1. The monoisotopic (exact) mass is 397 g/mol. The van der Waals surface area contributed by atoms with E-state index in [1.165, 1.54) is 81.9 Å². The van der Waals surface area contributed by atoms with Gasteiger partial charge in [0.2, 0.25) is 0 Å². The molecule has 0 amide bonds. The molecule has 2 aromatic carbocycles. The number of hydrogen-bond donors (Lipinski definition) is 0. The number of unbranched alkanes of at least 4 members (excludes halogenated alkanes) is 2. The van der Waals surface area contributed by atoms with Crippen molar-refractivity contribution in [3.63, 3.8) is 0 Å². The molecule has 0 radical (unpaired) electrons. The van der Waals surface area contributed by atoms with Gasteiger partial charge >= 0.3 is 0 Å². The molecule has 154 valence electrons. The lowest BCUT2D eigenvalue weighted by Crippen LogP contribution is -2.44. The van der Waals surface area contributed by atoms with Gasteiger partial charge in [-0.25, -0.2) is 8.78 Å². The summed E-state index contributed by atoms with van der Waals surface area (Å²) in [5.41, 5.74) is 2.64. The van der Waals surface area contributed by atoms with Gasteiger partial charge in [0, 0.05) is 0 Å². The number of halogens is 2. The molecule has 0 unspecified atom stereocenters. The summed E-state index contributed by atoms with van der Waals surface area (Å²) < 4.78 is 27.8. The molecular formula is C25H29F2NO. The molecule has 3 saturated carbocycles. The van der Waals surface area contributed by atoms with E-state index in [2.05, 4.69) is 24.2 Å². The SMILES string of the molecule is CCCCCC12CCC(c3ccc(-c4cc(F)c(N=O)c(F)c4)cc3)(CC1)CC2. The molecule has 0 N–H and O–H groups in total. The predicted molar refractivity (Wildman–Crippen MR) is 113 cm³/mol. The summed E-state index contributed by atoms with van der Waals surface area (Å²) in [5.74, 6) is -1.84. The zero-order valence-electron chi connectivity index (χ0n) is 17.1. The van der Waals surface area contributed by atoms with E-state index in [1.54, 1.807) is 0 Å². The first-order chi connectivity index (χ1) is 14.0. The Labute approximate surface area is 171 Å². The van der Waals surface area contributed by atoms with Crippen molar-refractivity contribution in [2.75, 3.05) is 0 Å². The topological polar surface area (TPSA) is 29.4 Å². The first-order valence-electron chi connectivity index (χ1n) is 10.9. The molecule has 3 aliphatic carbocycles. The predicted octanol–water partition coefficient (Wildman–Crippen LogP) is 8.20. The summed E-state index contributed by atoms with van der Waals surface area (Å²) in [6.45, 7) is 2.27. The van der Waals surface area contributed by atoms with Crippen LogP contribution in [0.1, 0.15) is 76.7 Å². The van der Waals surface area contributed by atoms with Crippen molar-refractivity contribution >= 4 is 5.69 Å². The number of rotatable bonds is 7. The second-order valence-corrected chi connectivity index (χ2v) is 9.19. The van der Waals surface area contributed by atoms with E-state index in [0.717, 1.165) is 5.56 Å². The average molecular weight is 398 g/mol. The van der Waals surface area contributed by atoms with Crippen LogP contribution in [-0.4, -0.2) is 0 Å². The molecule has 0 atom stereocenters. The quantitative estimate of drug-likeness (QED) is 0.342. The van der Waals surface area contributed by atoms with Crippen molar-refractivity contribution in [1.82, 2.24) is 0 Å². The summed E-state index contributed by atoms with van der Waals surface area (Å²) in [5, 5.41) is 2.43. The number of hydrogen-bond acceptors (Lipinski definition) is 2. The van der Waals surface area contributed by atoms with Gasteiger partial charge in [0.15, 0.2) is 17.3 Å². The lowest BCUT2D eigenvalue weighted by atomic mass is 9.51. The van der Waals surface area contributed by atoms with E-state index in [9.17, 15) is 13.7 Å². The third-order valence-electron chi connectivity index (χ3n) is 7.65. The van der Waals surface area contributed by atoms with E-state index in [1.807, 2.05) is 12.1 Å². The minimum Gasteiger partial charge on any atom is -0.204 e. The Bertz CT molecular complexity index is 843. The first kappa shape index (κ1) is 20.2. The fraction of sp³-hybridized carbons (Fsp3) is 0.520. The van der Waals surface area contributed by atoms with Crippen LogP contribution in [0.5, 0.6) is 0 Å². The Morgan fingerprint density at radius 1 is 0.862 bits per heavy atom. The normalized spacial score (nSPS) is 25.9. The Morgan fingerprint density at radius 3 is 1.97 bits per heavy atom. The summed E-state index contributed by atoms with van der Waals surface area (Å²) in [7, 11) is 0. The van der Waals surface area contributed by atoms with Crippen molar-refractivity contribution in [1.29, 1.82) is 0 Å². The van der Waals surface area contributed by atoms with Gasteiger partial charge < -0.3 is 0 Å². The number of nitroso groups, excluding NO2 is 1. The molecule has 0 heterocycles. The van der Waals surface area contributed by atoms with Crippen LogP contribution in [0.3, 0.4) is 0 Å². The van der Waals surface area contributed by atoms with Crippen LogP contribution in [0.4, 0.5) is 14.5 Å². The molecule has 3 aliphatic rings. The molecule has 2 bridgehead atoms. The molecule has 4 heteroatoms. The highest BCUT2D eigenvalue weighted by Gasteiger charge is 2.48. The third-order valence-corrected chi connectivity index (χ3v) is 7.65.